The molecule has 0 bridgehead atoms. The van der Waals surface area contributed by atoms with Crippen molar-refractivity contribution in [3.63, 3.8) is 0 Å². The van der Waals surface area contributed by atoms with Gasteiger partial charge >= 0.3 is 0 Å². The molecule has 0 aliphatic carbocycles. The van der Waals surface area contributed by atoms with E-state index in [-0.39, 0.29) is 11.5 Å². The van der Waals surface area contributed by atoms with Crippen molar-refractivity contribution in [3.8, 4) is 11.8 Å². The zero-order valence-corrected chi connectivity index (χ0v) is 15.0. The van der Waals surface area contributed by atoms with Crippen LogP contribution in [0.15, 0.2) is 29.8 Å². The number of carbonyl (C=O) groups is 1. The monoisotopic (exact) mass is 328 g/mol. The first kappa shape index (κ1) is 19.8. The van der Waals surface area contributed by atoms with E-state index in [2.05, 4.69) is 19.2 Å². The standard InChI is InChI=1S/C20H28N2O2/c1-4-7-8-16(5-2)15-22-20(23)18(14-21)13-17-9-11-19(12-10-17)24-6-3/h9-13,16H,4-8,15H2,1-3H3,(H,22,23)/b18-13+. The third kappa shape index (κ3) is 6.87. The Labute approximate surface area is 145 Å². The number of rotatable bonds is 10. The lowest BCUT2D eigenvalue weighted by molar-refractivity contribution is -0.117. The molecule has 24 heavy (non-hydrogen) atoms. The number of benzene rings is 1. The van der Waals surface area contributed by atoms with E-state index in [0.29, 0.717) is 19.1 Å². The van der Waals surface area contributed by atoms with Gasteiger partial charge in [0.05, 0.1) is 6.61 Å². The van der Waals surface area contributed by atoms with Gasteiger partial charge in [-0.2, -0.15) is 5.26 Å². The molecule has 0 spiro atoms. The van der Waals surface area contributed by atoms with Crippen LogP contribution in [0.5, 0.6) is 5.75 Å². The summed E-state index contributed by atoms with van der Waals surface area (Å²) in [5.74, 6) is 0.944. The second-order valence-corrected chi connectivity index (χ2v) is 5.80. The number of nitrogens with one attached hydrogen (secondary N) is 1. The Balaban J connectivity index is 2.66. The highest BCUT2D eigenvalue weighted by atomic mass is 16.5. The first-order chi connectivity index (χ1) is 11.6. The van der Waals surface area contributed by atoms with E-state index in [4.69, 9.17) is 4.74 Å². The molecular weight excluding hydrogens is 300 g/mol. The quantitative estimate of drug-likeness (QED) is 0.514. The van der Waals surface area contributed by atoms with Gasteiger partial charge in [-0.05, 0) is 43.0 Å². The van der Waals surface area contributed by atoms with Crippen LogP contribution in [-0.4, -0.2) is 19.1 Å². The van der Waals surface area contributed by atoms with Crippen LogP contribution in [0.25, 0.3) is 6.08 Å². The molecule has 1 atom stereocenters. The van der Waals surface area contributed by atoms with E-state index in [0.717, 1.165) is 30.6 Å². The SMILES string of the molecule is CCCCC(CC)CNC(=O)/C(C#N)=C/c1ccc(OCC)cc1. The minimum atomic E-state index is -0.304. The van der Waals surface area contributed by atoms with Crippen LogP contribution in [0.3, 0.4) is 0 Å². The van der Waals surface area contributed by atoms with E-state index in [1.807, 2.05) is 37.3 Å². The molecule has 0 aliphatic heterocycles. The molecule has 0 saturated carbocycles. The summed E-state index contributed by atoms with van der Waals surface area (Å²) in [5, 5.41) is 12.1. The molecule has 0 heterocycles. The number of nitriles is 1. The summed E-state index contributed by atoms with van der Waals surface area (Å²) in [6, 6.07) is 9.34. The Kier molecular flexibility index (Phi) is 9.29. The first-order valence-corrected chi connectivity index (χ1v) is 8.77. The first-order valence-electron chi connectivity index (χ1n) is 8.77. The molecule has 1 aromatic carbocycles. The molecule has 1 unspecified atom stereocenters. The van der Waals surface area contributed by atoms with Crippen molar-refractivity contribution < 1.29 is 9.53 Å². The summed E-state index contributed by atoms with van der Waals surface area (Å²) in [5.41, 5.74) is 0.938. The number of hydrogen-bond acceptors (Lipinski definition) is 3. The van der Waals surface area contributed by atoms with E-state index in [1.54, 1.807) is 6.08 Å². The molecule has 0 aliphatic rings. The number of unbranched alkanes of at least 4 members (excludes halogenated alkanes) is 1. The second kappa shape index (κ2) is 11.3. The van der Waals surface area contributed by atoms with Gasteiger partial charge in [0.25, 0.3) is 5.91 Å². The zero-order valence-electron chi connectivity index (χ0n) is 15.0. The highest BCUT2D eigenvalue weighted by Gasteiger charge is 2.12. The molecule has 1 amide bonds. The number of carbonyl (C=O) groups excluding carboxylic acids is 1. The third-order valence-electron chi connectivity index (χ3n) is 3.96. The summed E-state index contributed by atoms with van der Waals surface area (Å²) in [6.07, 6.45) is 6.08. The van der Waals surface area contributed by atoms with Gasteiger partial charge in [0.1, 0.15) is 17.4 Å². The predicted molar refractivity (Wildman–Crippen MR) is 97.5 cm³/mol. The third-order valence-corrected chi connectivity index (χ3v) is 3.96. The maximum absolute atomic E-state index is 12.2. The maximum atomic E-state index is 12.2. The van der Waals surface area contributed by atoms with Gasteiger partial charge in [-0.3, -0.25) is 4.79 Å². The molecule has 130 valence electrons. The normalized spacial score (nSPS) is 12.3. The number of ether oxygens (including phenoxy) is 1. The molecular formula is C20H28N2O2. The minimum absolute atomic E-state index is 0.129. The molecule has 1 rings (SSSR count). The van der Waals surface area contributed by atoms with Gasteiger partial charge in [-0.15, -0.1) is 0 Å². The Morgan fingerprint density at radius 1 is 1.29 bits per heavy atom. The van der Waals surface area contributed by atoms with Crippen molar-refractivity contribution in [1.82, 2.24) is 5.32 Å². The van der Waals surface area contributed by atoms with Crippen molar-refractivity contribution in [3.05, 3.63) is 35.4 Å². The predicted octanol–water partition coefficient (Wildman–Crippen LogP) is 4.32. The summed E-state index contributed by atoms with van der Waals surface area (Å²) in [4.78, 5) is 12.2. The van der Waals surface area contributed by atoms with Crippen LogP contribution in [0.4, 0.5) is 0 Å². The smallest absolute Gasteiger partial charge is 0.261 e. The largest absolute Gasteiger partial charge is 0.494 e. The van der Waals surface area contributed by atoms with Crippen LogP contribution in [0.2, 0.25) is 0 Å². The summed E-state index contributed by atoms with van der Waals surface area (Å²) in [6.45, 7) is 7.46. The van der Waals surface area contributed by atoms with Gasteiger partial charge in [0.15, 0.2) is 0 Å². The van der Waals surface area contributed by atoms with Crippen molar-refractivity contribution >= 4 is 12.0 Å². The molecule has 1 aromatic rings. The average Bonchev–Trinajstić information content (AvgIpc) is 2.61. The molecule has 4 nitrogen and oxygen atoms in total. The van der Waals surface area contributed by atoms with Crippen molar-refractivity contribution in [2.75, 3.05) is 13.2 Å². The lowest BCUT2D eigenvalue weighted by Gasteiger charge is -2.15. The van der Waals surface area contributed by atoms with Crippen LogP contribution in [0, 0.1) is 17.2 Å². The lowest BCUT2D eigenvalue weighted by atomic mass is 9.99. The Morgan fingerprint density at radius 3 is 2.54 bits per heavy atom. The Hall–Kier alpha value is -2.28. The average molecular weight is 328 g/mol. The molecule has 0 radical (unpaired) electrons. The van der Waals surface area contributed by atoms with E-state index >= 15 is 0 Å². The maximum Gasteiger partial charge on any atom is 0.261 e. The number of nitrogens with zero attached hydrogens (tertiary/aromatic N) is 1. The fourth-order valence-electron chi connectivity index (χ4n) is 2.42. The van der Waals surface area contributed by atoms with Crippen molar-refractivity contribution in [2.45, 2.75) is 46.5 Å². The second-order valence-electron chi connectivity index (χ2n) is 5.80. The fraction of sp³-hybridized carbons (Fsp3) is 0.500. The molecule has 0 fully saturated rings. The Morgan fingerprint density at radius 2 is 2.00 bits per heavy atom. The zero-order chi connectivity index (χ0) is 17.8. The molecule has 4 heteroatoms. The van der Waals surface area contributed by atoms with Crippen LogP contribution >= 0.6 is 0 Å². The van der Waals surface area contributed by atoms with Gasteiger partial charge < -0.3 is 10.1 Å². The number of hydrogen-bond donors (Lipinski definition) is 1. The lowest BCUT2D eigenvalue weighted by Crippen LogP contribution is -2.30. The molecule has 0 aromatic heterocycles. The molecule has 0 saturated heterocycles. The van der Waals surface area contributed by atoms with Crippen molar-refractivity contribution in [2.24, 2.45) is 5.92 Å². The topological polar surface area (TPSA) is 62.1 Å². The molecule has 1 N–H and O–H groups in total. The van der Waals surface area contributed by atoms with Crippen molar-refractivity contribution in [1.29, 1.82) is 5.26 Å². The highest BCUT2D eigenvalue weighted by Crippen LogP contribution is 2.15. The van der Waals surface area contributed by atoms with Gasteiger partial charge in [0.2, 0.25) is 0 Å². The van der Waals surface area contributed by atoms with E-state index in [1.165, 1.54) is 6.42 Å². The van der Waals surface area contributed by atoms with Crippen LogP contribution in [-0.2, 0) is 4.79 Å². The minimum Gasteiger partial charge on any atom is -0.494 e. The van der Waals surface area contributed by atoms with E-state index < -0.39 is 0 Å². The summed E-state index contributed by atoms with van der Waals surface area (Å²) in [7, 11) is 0. The van der Waals surface area contributed by atoms with Gasteiger partial charge in [-0.25, -0.2) is 0 Å². The van der Waals surface area contributed by atoms with Crippen LogP contribution < -0.4 is 10.1 Å². The van der Waals surface area contributed by atoms with Gasteiger partial charge in [-0.1, -0.05) is 45.2 Å². The summed E-state index contributed by atoms with van der Waals surface area (Å²) >= 11 is 0. The fourth-order valence-corrected chi connectivity index (χ4v) is 2.42. The highest BCUT2D eigenvalue weighted by molar-refractivity contribution is 6.01. The number of amides is 1. The Bertz CT molecular complexity index is 570. The van der Waals surface area contributed by atoms with Gasteiger partial charge in [0, 0.05) is 6.54 Å². The van der Waals surface area contributed by atoms with Crippen LogP contribution in [0.1, 0.15) is 52.0 Å². The van der Waals surface area contributed by atoms with E-state index in [9.17, 15) is 10.1 Å². The summed E-state index contributed by atoms with van der Waals surface area (Å²) < 4.78 is 5.38.